The first kappa shape index (κ1) is 12.3. The number of rotatable bonds is 3. The Morgan fingerprint density at radius 3 is 2.56 bits per heavy atom. The van der Waals surface area contributed by atoms with E-state index >= 15 is 0 Å². The molecule has 1 saturated carbocycles. The average Bonchev–Trinajstić information content (AvgIpc) is 2.55. The summed E-state index contributed by atoms with van der Waals surface area (Å²) in [4.78, 5) is 0. The van der Waals surface area contributed by atoms with Crippen LogP contribution < -0.4 is 10.6 Å². The van der Waals surface area contributed by atoms with E-state index < -0.39 is 0 Å². The molecule has 1 aliphatic heterocycles. The second kappa shape index (κ2) is 6.58. The Hall–Kier alpha value is -0.120. The summed E-state index contributed by atoms with van der Waals surface area (Å²) in [6, 6.07) is 0.739. The quantitative estimate of drug-likeness (QED) is 0.718. The first-order valence-electron chi connectivity index (χ1n) is 6.94. The van der Waals surface area contributed by atoms with Crippen LogP contribution in [-0.4, -0.2) is 37.9 Å². The standard InChI is InChI=1S/C13H26N2O/c1-11-8-14-9-13(16-11)10-15-12-6-4-2-3-5-7-12/h11-15H,2-10H2,1H3/t11-,13+/m1/s1. The molecule has 3 nitrogen and oxygen atoms in total. The van der Waals surface area contributed by atoms with Gasteiger partial charge in [-0.3, -0.25) is 0 Å². The van der Waals surface area contributed by atoms with Gasteiger partial charge in [-0.2, -0.15) is 0 Å². The Bertz CT molecular complexity index is 188. The van der Waals surface area contributed by atoms with Gasteiger partial charge in [0.2, 0.25) is 0 Å². The summed E-state index contributed by atoms with van der Waals surface area (Å²) in [6.45, 7) is 5.16. The lowest BCUT2D eigenvalue weighted by Crippen LogP contribution is -2.49. The van der Waals surface area contributed by atoms with E-state index in [4.69, 9.17) is 4.74 Å². The van der Waals surface area contributed by atoms with Crippen molar-refractivity contribution < 1.29 is 4.74 Å². The number of hydrogen-bond acceptors (Lipinski definition) is 3. The lowest BCUT2D eigenvalue weighted by atomic mass is 10.1. The highest BCUT2D eigenvalue weighted by atomic mass is 16.5. The third-order valence-corrected chi connectivity index (χ3v) is 3.72. The number of hydrogen-bond donors (Lipinski definition) is 2. The van der Waals surface area contributed by atoms with Crippen molar-refractivity contribution in [3.63, 3.8) is 0 Å². The zero-order chi connectivity index (χ0) is 11.2. The Balaban J connectivity index is 1.65. The molecule has 1 saturated heterocycles. The fourth-order valence-electron chi connectivity index (χ4n) is 2.77. The highest BCUT2D eigenvalue weighted by Crippen LogP contribution is 2.17. The zero-order valence-corrected chi connectivity index (χ0v) is 10.5. The fourth-order valence-corrected chi connectivity index (χ4v) is 2.77. The molecular weight excluding hydrogens is 200 g/mol. The van der Waals surface area contributed by atoms with Crippen molar-refractivity contribution in [2.75, 3.05) is 19.6 Å². The molecule has 1 aliphatic carbocycles. The SMILES string of the molecule is C[C@@H]1CNC[C@@H](CNC2CCCCCC2)O1. The molecule has 0 bridgehead atoms. The monoisotopic (exact) mass is 226 g/mol. The van der Waals surface area contributed by atoms with E-state index in [9.17, 15) is 0 Å². The Morgan fingerprint density at radius 1 is 1.12 bits per heavy atom. The van der Waals surface area contributed by atoms with Gasteiger partial charge in [-0.25, -0.2) is 0 Å². The van der Waals surface area contributed by atoms with E-state index in [1.165, 1.54) is 38.5 Å². The van der Waals surface area contributed by atoms with Crippen LogP contribution >= 0.6 is 0 Å². The van der Waals surface area contributed by atoms with Crippen molar-refractivity contribution in [3.05, 3.63) is 0 Å². The third-order valence-electron chi connectivity index (χ3n) is 3.72. The fraction of sp³-hybridized carbons (Fsp3) is 1.00. The van der Waals surface area contributed by atoms with Gasteiger partial charge in [-0.05, 0) is 19.8 Å². The van der Waals surface area contributed by atoms with Crippen molar-refractivity contribution in [3.8, 4) is 0 Å². The van der Waals surface area contributed by atoms with Crippen LogP contribution in [0.5, 0.6) is 0 Å². The van der Waals surface area contributed by atoms with Crippen LogP contribution in [0.1, 0.15) is 45.4 Å². The van der Waals surface area contributed by atoms with Crippen LogP contribution in [0.15, 0.2) is 0 Å². The molecule has 94 valence electrons. The Morgan fingerprint density at radius 2 is 1.88 bits per heavy atom. The van der Waals surface area contributed by atoms with Gasteiger partial charge in [0.25, 0.3) is 0 Å². The molecule has 0 amide bonds. The summed E-state index contributed by atoms with van der Waals surface area (Å²) >= 11 is 0. The Kier molecular flexibility index (Phi) is 5.07. The third kappa shape index (κ3) is 4.04. The summed E-state index contributed by atoms with van der Waals surface area (Å²) in [5.74, 6) is 0. The van der Waals surface area contributed by atoms with E-state index in [0.717, 1.165) is 25.7 Å². The molecule has 2 aliphatic rings. The first-order chi connectivity index (χ1) is 7.84. The van der Waals surface area contributed by atoms with E-state index in [2.05, 4.69) is 17.6 Å². The molecule has 0 unspecified atom stereocenters. The van der Waals surface area contributed by atoms with Crippen molar-refractivity contribution in [1.29, 1.82) is 0 Å². The molecule has 0 aromatic rings. The first-order valence-corrected chi connectivity index (χ1v) is 6.94. The predicted molar refractivity (Wildman–Crippen MR) is 66.7 cm³/mol. The van der Waals surface area contributed by atoms with Crippen molar-refractivity contribution in [2.45, 2.75) is 63.7 Å². The van der Waals surface area contributed by atoms with Crippen LogP contribution in [0.2, 0.25) is 0 Å². The molecule has 1 heterocycles. The Labute approximate surface area is 99.3 Å². The van der Waals surface area contributed by atoms with Gasteiger partial charge in [0.05, 0.1) is 12.2 Å². The van der Waals surface area contributed by atoms with Crippen LogP contribution in [-0.2, 0) is 4.74 Å². The van der Waals surface area contributed by atoms with Crippen molar-refractivity contribution >= 4 is 0 Å². The van der Waals surface area contributed by atoms with Crippen molar-refractivity contribution in [1.82, 2.24) is 10.6 Å². The van der Waals surface area contributed by atoms with Gasteiger partial charge < -0.3 is 15.4 Å². The van der Waals surface area contributed by atoms with Gasteiger partial charge in [-0.15, -0.1) is 0 Å². The molecule has 0 radical (unpaired) electrons. The summed E-state index contributed by atoms with van der Waals surface area (Å²) in [5, 5.41) is 7.11. The summed E-state index contributed by atoms with van der Waals surface area (Å²) in [6.07, 6.45) is 9.11. The molecule has 2 atom stereocenters. The minimum Gasteiger partial charge on any atom is -0.371 e. The molecular formula is C13H26N2O. The topological polar surface area (TPSA) is 33.3 Å². The van der Waals surface area contributed by atoms with Crippen LogP contribution in [0.4, 0.5) is 0 Å². The minimum atomic E-state index is 0.368. The summed E-state index contributed by atoms with van der Waals surface area (Å²) < 4.78 is 5.88. The van der Waals surface area contributed by atoms with Crippen molar-refractivity contribution in [2.24, 2.45) is 0 Å². The molecule has 2 rings (SSSR count). The predicted octanol–water partition coefficient (Wildman–Crippen LogP) is 1.68. The van der Waals surface area contributed by atoms with E-state index in [1.54, 1.807) is 0 Å². The largest absolute Gasteiger partial charge is 0.371 e. The lowest BCUT2D eigenvalue weighted by molar-refractivity contribution is -0.0270. The number of nitrogens with one attached hydrogen (secondary N) is 2. The average molecular weight is 226 g/mol. The van der Waals surface area contributed by atoms with Crippen LogP contribution in [0, 0.1) is 0 Å². The lowest BCUT2D eigenvalue weighted by Gasteiger charge is -2.30. The second-order valence-corrected chi connectivity index (χ2v) is 5.32. The van der Waals surface area contributed by atoms with Gasteiger partial charge in [0, 0.05) is 25.7 Å². The van der Waals surface area contributed by atoms with Gasteiger partial charge in [0.15, 0.2) is 0 Å². The highest BCUT2D eigenvalue weighted by Gasteiger charge is 2.20. The minimum absolute atomic E-state index is 0.368. The maximum Gasteiger partial charge on any atom is 0.0827 e. The maximum absolute atomic E-state index is 5.88. The van der Waals surface area contributed by atoms with Crippen LogP contribution in [0.25, 0.3) is 0 Å². The highest BCUT2D eigenvalue weighted by molar-refractivity contribution is 4.77. The summed E-state index contributed by atoms with van der Waals surface area (Å²) in [5.41, 5.74) is 0. The molecule has 0 aromatic heterocycles. The second-order valence-electron chi connectivity index (χ2n) is 5.32. The normalized spacial score (nSPS) is 33.6. The van der Waals surface area contributed by atoms with Gasteiger partial charge in [-0.1, -0.05) is 25.7 Å². The van der Waals surface area contributed by atoms with E-state index in [1.807, 2.05) is 0 Å². The van der Waals surface area contributed by atoms with Gasteiger partial charge in [0.1, 0.15) is 0 Å². The van der Waals surface area contributed by atoms with E-state index in [0.29, 0.717) is 12.2 Å². The maximum atomic E-state index is 5.88. The van der Waals surface area contributed by atoms with Crippen LogP contribution in [0.3, 0.4) is 0 Å². The van der Waals surface area contributed by atoms with Gasteiger partial charge >= 0.3 is 0 Å². The molecule has 2 N–H and O–H groups in total. The molecule has 16 heavy (non-hydrogen) atoms. The smallest absolute Gasteiger partial charge is 0.0827 e. The number of ether oxygens (including phenoxy) is 1. The molecule has 2 fully saturated rings. The number of morpholine rings is 1. The molecule has 0 spiro atoms. The zero-order valence-electron chi connectivity index (χ0n) is 10.5. The molecule has 0 aromatic carbocycles. The van der Waals surface area contributed by atoms with E-state index in [-0.39, 0.29) is 0 Å². The summed E-state index contributed by atoms with van der Waals surface area (Å²) in [7, 11) is 0. The molecule has 3 heteroatoms.